The average Bonchev–Trinajstić information content (AvgIpc) is 2.44. The number of hydrogen-bond donors (Lipinski definition) is 1. The highest BCUT2D eigenvalue weighted by molar-refractivity contribution is 6.32. The summed E-state index contributed by atoms with van der Waals surface area (Å²) in [6.45, 7) is 4.69. The summed E-state index contributed by atoms with van der Waals surface area (Å²) in [6, 6.07) is 14.0. The Labute approximate surface area is 136 Å². The number of rotatable bonds is 6. The standard InChI is InChI=1S/C17H19Cl2NO/c1-3-21-17-9-8-15(11-16(17)19)20-12(2)10-13-4-6-14(18)7-5-13/h4-9,11-12,20H,3,10H2,1-2H3. The lowest BCUT2D eigenvalue weighted by molar-refractivity contribution is 0.340. The van der Waals surface area contributed by atoms with E-state index >= 15 is 0 Å². The Morgan fingerprint density at radius 2 is 1.81 bits per heavy atom. The molecule has 0 saturated heterocycles. The largest absolute Gasteiger partial charge is 0.492 e. The van der Waals surface area contributed by atoms with Crippen LogP contribution in [-0.4, -0.2) is 12.6 Å². The van der Waals surface area contributed by atoms with Gasteiger partial charge >= 0.3 is 0 Å². The van der Waals surface area contributed by atoms with E-state index in [0.29, 0.717) is 17.7 Å². The van der Waals surface area contributed by atoms with Crippen molar-refractivity contribution in [1.29, 1.82) is 0 Å². The zero-order valence-electron chi connectivity index (χ0n) is 12.2. The molecule has 0 fully saturated rings. The van der Waals surface area contributed by atoms with Gasteiger partial charge in [-0.3, -0.25) is 0 Å². The fraction of sp³-hybridized carbons (Fsp3) is 0.294. The third kappa shape index (κ3) is 4.83. The Bertz CT molecular complexity index is 584. The van der Waals surface area contributed by atoms with Crippen LogP contribution in [-0.2, 0) is 6.42 Å². The summed E-state index contributed by atoms with van der Waals surface area (Å²) in [7, 11) is 0. The number of halogens is 2. The van der Waals surface area contributed by atoms with Gasteiger partial charge in [0.25, 0.3) is 0 Å². The quantitative estimate of drug-likeness (QED) is 0.764. The van der Waals surface area contributed by atoms with Crippen molar-refractivity contribution in [2.75, 3.05) is 11.9 Å². The van der Waals surface area contributed by atoms with E-state index < -0.39 is 0 Å². The molecule has 0 bridgehead atoms. The average molecular weight is 324 g/mol. The molecule has 0 spiro atoms. The number of anilines is 1. The first-order valence-corrected chi connectivity index (χ1v) is 7.77. The Morgan fingerprint density at radius 3 is 2.43 bits per heavy atom. The first-order chi connectivity index (χ1) is 10.1. The summed E-state index contributed by atoms with van der Waals surface area (Å²) < 4.78 is 5.43. The summed E-state index contributed by atoms with van der Waals surface area (Å²) in [4.78, 5) is 0. The molecule has 2 nitrogen and oxygen atoms in total. The van der Waals surface area contributed by atoms with E-state index in [4.69, 9.17) is 27.9 Å². The topological polar surface area (TPSA) is 21.3 Å². The monoisotopic (exact) mass is 323 g/mol. The fourth-order valence-corrected chi connectivity index (χ4v) is 2.53. The van der Waals surface area contributed by atoms with Crippen molar-refractivity contribution in [2.45, 2.75) is 26.3 Å². The van der Waals surface area contributed by atoms with Gasteiger partial charge in [-0.15, -0.1) is 0 Å². The van der Waals surface area contributed by atoms with Crippen LogP contribution >= 0.6 is 23.2 Å². The van der Waals surface area contributed by atoms with Gasteiger partial charge in [0.05, 0.1) is 11.6 Å². The van der Waals surface area contributed by atoms with E-state index in [2.05, 4.69) is 12.2 Å². The molecule has 1 N–H and O–H groups in total. The van der Waals surface area contributed by atoms with Crippen LogP contribution in [0.1, 0.15) is 19.4 Å². The minimum absolute atomic E-state index is 0.292. The molecule has 1 atom stereocenters. The lowest BCUT2D eigenvalue weighted by Crippen LogP contribution is -2.18. The summed E-state index contributed by atoms with van der Waals surface area (Å²) in [5.74, 6) is 0.718. The second-order valence-corrected chi connectivity index (χ2v) is 5.80. The molecule has 0 radical (unpaired) electrons. The summed E-state index contributed by atoms with van der Waals surface area (Å²) in [6.07, 6.45) is 0.919. The molecule has 0 aliphatic heterocycles. The van der Waals surface area contributed by atoms with Crippen molar-refractivity contribution in [3.05, 3.63) is 58.1 Å². The molecule has 2 aromatic carbocycles. The van der Waals surface area contributed by atoms with Gasteiger partial charge in [0.15, 0.2) is 0 Å². The number of nitrogens with one attached hydrogen (secondary N) is 1. The van der Waals surface area contributed by atoms with Crippen molar-refractivity contribution in [2.24, 2.45) is 0 Å². The summed E-state index contributed by atoms with van der Waals surface area (Å²) >= 11 is 12.1. The molecule has 2 aromatic rings. The molecular weight excluding hydrogens is 305 g/mol. The Kier molecular flexibility index (Phi) is 5.77. The highest BCUT2D eigenvalue weighted by Gasteiger charge is 2.07. The van der Waals surface area contributed by atoms with Gasteiger partial charge < -0.3 is 10.1 Å². The Balaban J connectivity index is 1.97. The van der Waals surface area contributed by atoms with E-state index in [9.17, 15) is 0 Å². The minimum Gasteiger partial charge on any atom is -0.492 e. The van der Waals surface area contributed by atoms with Gasteiger partial charge in [0.1, 0.15) is 5.75 Å². The fourth-order valence-electron chi connectivity index (χ4n) is 2.17. The molecule has 0 amide bonds. The van der Waals surface area contributed by atoms with Gasteiger partial charge in [0.2, 0.25) is 0 Å². The maximum atomic E-state index is 6.19. The maximum Gasteiger partial charge on any atom is 0.138 e. The minimum atomic E-state index is 0.292. The van der Waals surface area contributed by atoms with Gasteiger partial charge in [-0.25, -0.2) is 0 Å². The van der Waals surface area contributed by atoms with Gasteiger partial charge in [0, 0.05) is 16.8 Å². The molecule has 21 heavy (non-hydrogen) atoms. The predicted molar refractivity (Wildman–Crippen MR) is 90.9 cm³/mol. The molecular formula is C17H19Cl2NO. The van der Waals surface area contributed by atoms with Crippen LogP contribution in [0.2, 0.25) is 10.0 Å². The Hall–Kier alpha value is -1.38. The zero-order valence-corrected chi connectivity index (χ0v) is 13.7. The first-order valence-electron chi connectivity index (χ1n) is 7.02. The molecule has 1 unspecified atom stereocenters. The van der Waals surface area contributed by atoms with Crippen LogP contribution in [0, 0.1) is 0 Å². The molecule has 0 heterocycles. The van der Waals surface area contributed by atoms with Crippen LogP contribution < -0.4 is 10.1 Å². The van der Waals surface area contributed by atoms with Crippen LogP contribution in [0.3, 0.4) is 0 Å². The van der Waals surface area contributed by atoms with E-state index in [1.807, 2.05) is 49.4 Å². The molecule has 0 saturated carbocycles. The van der Waals surface area contributed by atoms with Crippen molar-refractivity contribution < 1.29 is 4.74 Å². The lowest BCUT2D eigenvalue weighted by Gasteiger charge is -2.16. The van der Waals surface area contributed by atoms with Gasteiger partial charge in [-0.2, -0.15) is 0 Å². The van der Waals surface area contributed by atoms with E-state index in [1.165, 1.54) is 5.56 Å². The molecule has 2 rings (SSSR count). The van der Waals surface area contributed by atoms with Crippen LogP contribution in [0.5, 0.6) is 5.75 Å². The van der Waals surface area contributed by atoms with Crippen molar-refractivity contribution in [1.82, 2.24) is 0 Å². The van der Waals surface area contributed by atoms with E-state index in [0.717, 1.165) is 22.9 Å². The second-order valence-electron chi connectivity index (χ2n) is 4.95. The molecule has 0 aliphatic rings. The van der Waals surface area contributed by atoms with Crippen LogP contribution in [0.15, 0.2) is 42.5 Å². The highest BCUT2D eigenvalue weighted by atomic mass is 35.5. The molecule has 0 aromatic heterocycles. The summed E-state index contributed by atoms with van der Waals surface area (Å²) in [5.41, 5.74) is 2.24. The maximum absolute atomic E-state index is 6.19. The van der Waals surface area contributed by atoms with Crippen molar-refractivity contribution in [3.63, 3.8) is 0 Å². The van der Waals surface area contributed by atoms with E-state index in [1.54, 1.807) is 0 Å². The van der Waals surface area contributed by atoms with Gasteiger partial charge in [-0.1, -0.05) is 35.3 Å². The van der Waals surface area contributed by atoms with E-state index in [-0.39, 0.29) is 0 Å². The molecule has 4 heteroatoms. The normalized spacial score (nSPS) is 12.0. The number of hydrogen-bond acceptors (Lipinski definition) is 2. The molecule has 0 aliphatic carbocycles. The van der Waals surface area contributed by atoms with Crippen LogP contribution in [0.25, 0.3) is 0 Å². The predicted octanol–water partition coefficient (Wildman–Crippen LogP) is 5.44. The highest BCUT2D eigenvalue weighted by Crippen LogP contribution is 2.28. The Morgan fingerprint density at radius 1 is 1.10 bits per heavy atom. The number of ether oxygens (including phenoxy) is 1. The number of benzene rings is 2. The molecule has 112 valence electrons. The SMILES string of the molecule is CCOc1ccc(NC(C)Cc2ccc(Cl)cc2)cc1Cl. The van der Waals surface area contributed by atoms with Crippen LogP contribution in [0.4, 0.5) is 5.69 Å². The van der Waals surface area contributed by atoms with Gasteiger partial charge in [-0.05, 0) is 56.2 Å². The smallest absolute Gasteiger partial charge is 0.138 e. The van der Waals surface area contributed by atoms with Crippen molar-refractivity contribution in [3.8, 4) is 5.75 Å². The second kappa shape index (κ2) is 7.58. The first kappa shape index (κ1) is 16.0. The summed E-state index contributed by atoms with van der Waals surface area (Å²) in [5, 5.41) is 4.83. The lowest BCUT2D eigenvalue weighted by atomic mass is 10.1. The third-order valence-electron chi connectivity index (χ3n) is 3.10. The zero-order chi connectivity index (χ0) is 15.2. The third-order valence-corrected chi connectivity index (χ3v) is 3.65. The van der Waals surface area contributed by atoms with Crippen molar-refractivity contribution >= 4 is 28.9 Å².